The molecule has 1 heterocycles. The third-order valence-electron chi connectivity index (χ3n) is 3.51. The van der Waals surface area contributed by atoms with Gasteiger partial charge < -0.3 is 15.4 Å². The monoisotopic (exact) mass is 453 g/mol. The van der Waals surface area contributed by atoms with Crippen LogP contribution in [0.1, 0.15) is 44.9 Å². The highest BCUT2D eigenvalue weighted by atomic mass is 127. The zero-order valence-electron chi connectivity index (χ0n) is 14.9. The lowest BCUT2D eigenvalue weighted by Gasteiger charge is -2.25. The quantitative estimate of drug-likeness (QED) is 0.244. The van der Waals surface area contributed by atoms with Gasteiger partial charge in [0.15, 0.2) is 5.96 Å². The van der Waals surface area contributed by atoms with Gasteiger partial charge in [0.25, 0.3) is 0 Å². The fourth-order valence-corrected chi connectivity index (χ4v) is 2.86. The molecule has 6 heteroatoms. The molecule has 134 valence electrons. The van der Waals surface area contributed by atoms with Crippen molar-refractivity contribution in [3.05, 3.63) is 22.4 Å². The molecule has 0 aliphatic rings. The zero-order valence-corrected chi connectivity index (χ0v) is 18.0. The van der Waals surface area contributed by atoms with Crippen LogP contribution in [0, 0.1) is 0 Å². The van der Waals surface area contributed by atoms with E-state index in [9.17, 15) is 0 Å². The van der Waals surface area contributed by atoms with Crippen molar-refractivity contribution in [2.45, 2.75) is 45.4 Å². The predicted octanol–water partition coefficient (Wildman–Crippen LogP) is 4.02. The summed E-state index contributed by atoms with van der Waals surface area (Å²) in [5, 5.41) is 8.88. The summed E-state index contributed by atoms with van der Waals surface area (Å²) in [4.78, 5) is 5.67. The molecule has 0 saturated heterocycles. The summed E-state index contributed by atoms with van der Waals surface area (Å²) in [5.41, 5.74) is 0.106. The Morgan fingerprint density at radius 2 is 2.00 bits per heavy atom. The maximum atomic E-state index is 5.55. The fourth-order valence-electron chi connectivity index (χ4n) is 2.01. The fraction of sp³-hybridized carbons (Fsp3) is 0.706. The second-order valence-electron chi connectivity index (χ2n) is 6.03. The van der Waals surface area contributed by atoms with Crippen LogP contribution in [0.2, 0.25) is 0 Å². The van der Waals surface area contributed by atoms with Gasteiger partial charge in [0.1, 0.15) is 0 Å². The molecule has 0 saturated carbocycles. The number of thiophene rings is 1. The van der Waals surface area contributed by atoms with Gasteiger partial charge in [-0.1, -0.05) is 33.3 Å². The summed E-state index contributed by atoms with van der Waals surface area (Å²) in [6, 6.07) is 4.30. The molecule has 0 bridgehead atoms. The van der Waals surface area contributed by atoms with E-state index in [4.69, 9.17) is 4.74 Å². The predicted molar refractivity (Wildman–Crippen MR) is 112 cm³/mol. The highest BCUT2D eigenvalue weighted by Crippen LogP contribution is 2.26. The summed E-state index contributed by atoms with van der Waals surface area (Å²) in [7, 11) is 1.81. The number of rotatable bonds is 10. The summed E-state index contributed by atoms with van der Waals surface area (Å²) in [6.45, 7) is 10.1. The first-order valence-electron chi connectivity index (χ1n) is 8.16. The highest BCUT2D eigenvalue weighted by Gasteiger charge is 2.21. The Morgan fingerprint density at radius 1 is 1.26 bits per heavy atom. The van der Waals surface area contributed by atoms with Crippen molar-refractivity contribution < 1.29 is 4.74 Å². The molecule has 0 aliphatic carbocycles. The van der Waals surface area contributed by atoms with Crippen LogP contribution >= 0.6 is 35.3 Å². The van der Waals surface area contributed by atoms with Gasteiger partial charge in [0.05, 0.1) is 0 Å². The van der Waals surface area contributed by atoms with E-state index in [-0.39, 0.29) is 29.4 Å². The molecule has 0 radical (unpaired) electrons. The van der Waals surface area contributed by atoms with E-state index in [1.54, 1.807) is 11.3 Å². The number of nitrogens with one attached hydrogen (secondary N) is 2. The standard InChI is InChI=1S/C17H31N3OS.HI/c1-5-6-11-21-12-8-10-19-16(18-4)20-14-17(2,3)15-9-7-13-22-15;/h7,9,13H,5-6,8,10-12,14H2,1-4H3,(H2,18,19,20);1H. The van der Waals surface area contributed by atoms with E-state index in [1.807, 2.05) is 7.05 Å². The topological polar surface area (TPSA) is 45.6 Å². The number of halogens is 1. The second-order valence-corrected chi connectivity index (χ2v) is 6.98. The number of unbranched alkanes of at least 4 members (excludes halogenated alkanes) is 1. The smallest absolute Gasteiger partial charge is 0.191 e. The number of aliphatic imine (C=N–C) groups is 1. The normalized spacial score (nSPS) is 11.9. The average molecular weight is 453 g/mol. The molecule has 1 aromatic heterocycles. The third-order valence-corrected chi connectivity index (χ3v) is 4.75. The number of ether oxygens (including phenoxy) is 1. The third kappa shape index (κ3) is 9.52. The van der Waals surface area contributed by atoms with Gasteiger partial charge in [-0.15, -0.1) is 35.3 Å². The van der Waals surface area contributed by atoms with Gasteiger partial charge in [-0.2, -0.15) is 0 Å². The van der Waals surface area contributed by atoms with Crippen LogP contribution in [-0.2, 0) is 10.2 Å². The molecule has 2 N–H and O–H groups in total. The Bertz CT molecular complexity index is 421. The maximum Gasteiger partial charge on any atom is 0.191 e. The van der Waals surface area contributed by atoms with Crippen LogP contribution in [0.25, 0.3) is 0 Å². The van der Waals surface area contributed by atoms with Crippen molar-refractivity contribution in [1.29, 1.82) is 0 Å². The van der Waals surface area contributed by atoms with Crippen LogP contribution in [0.3, 0.4) is 0 Å². The van der Waals surface area contributed by atoms with Gasteiger partial charge in [-0.05, 0) is 24.3 Å². The maximum absolute atomic E-state index is 5.55. The minimum atomic E-state index is 0. The number of nitrogens with zero attached hydrogens (tertiary/aromatic N) is 1. The lowest BCUT2D eigenvalue weighted by atomic mass is 9.91. The number of guanidine groups is 1. The van der Waals surface area contributed by atoms with Crippen molar-refractivity contribution in [3.8, 4) is 0 Å². The molecular formula is C17H32IN3OS. The average Bonchev–Trinajstić information content (AvgIpc) is 3.04. The Morgan fingerprint density at radius 3 is 2.61 bits per heavy atom. The Labute approximate surface area is 162 Å². The molecule has 0 amide bonds. The van der Waals surface area contributed by atoms with Gasteiger partial charge in [-0.25, -0.2) is 0 Å². The Hall–Kier alpha value is -0.340. The molecule has 4 nitrogen and oxygen atoms in total. The van der Waals surface area contributed by atoms with E-state index < -0.39 is 0 Å². The largest absolute Gasteiger partial charge is 0.381 e. The number of hydrogen-bond donors (Lipinski definition) is 2. The van der Waals surface area contributed by atoms with Crippen LogP contribution in [0.15, 0.2) is 22.5 Å². The number of hydrogen-bond acceptors (Lipinski definition) is 3. The van der Waals surface area contributed by atoms with Crippen LogP contribution in [0.4, 0.5) is 0 Å². The van der Waals surface area contributed by atoms with E-state index in [0.29, 0.717) is 0 Å². The van der Waals surface area contributed by atoms with E-state index >= 15 is 0 Å². The molecule has 0 spiro atoms. The van der Waals surface area contributed by atoms with E-state index in [2.05, 4.69) is 53.9 Å². The van der Waals surface area contributed by atoms with Crippen molar-refractivity contribution in [3.63, 3.8) is 0 Å². The minimum absolute atomic E-state index is 0. The molecule has 1 rings (SSSR count). The molecule has 23 heavy (non-hydrogen) atoms. The Kier molecular flexibility index (Phi) is 12.8. The van der Waals surface area contributed by atoms with Crippen LogP contribution in [0.5, 0.6) is 0 Å². The second kappa shape index (κ2) is 13.0. The Balaban J connectivity index is 0.00000484. The van der Waals surface area contributed by atoms with Crippen molar-refractivity contribution in [2.75, 3.05) is 33.4 Å². The molecule has 0 aromatic carbocycles. The summed E-state index contributed by atoms with van der Waals surface area (Å²) >= 11 is 1.80. The van der Waals surface area contributed by atoms with Gasteiger partial charge in [0.2, 0.25) is 0 Å². The molecule has 1 aromatic rings. The summed E-state index contributed by atoms with van der Waals surface area (Å²) in [6.07, 6.45) is 3.34. The molecular weight excluding hydrogens is 421 g/mol. The van der Waals surface area contributed by atoms with Crippen molar-refractivity contribution in [2.24, 2.45) is 4.99 Å². The lowest BCUT2D eigenvalue weighted by Crippen LogP contribution is -2.43. The molecule has 0 unspecified atom stereocenters. The molecule has 0 aliphatic heterocycles. The summed E-state index contributed by atoms with van der Waals surface area (Å²) in [5.74, 6) is 0.859. The van der Waals surface area contributed by atoms with E-state index in [0.717, 1.165) is 45.1 Å². The van der Waals surface area contributed by atoms with Gasteiger partial charge in [0, 0.05) is 43.6 Å². The lowest BCUT2D eigenvalue weighted by molar-refractivity contribution is 0.129. The zero-order chi connectivity index (χ0) is 16.3. The van der Waals surface area contributed by atoms with Crippen LogP contribution in [-0.4, -0.2) is 39.3 Å². The first-order chi connectivity index (χ1) is 10.6. The van der Waals surface area contributed by atoms with Crippen molar-refractivity contribution >= 4 is 41.3 Å². The first kappa shape index (κ1) is 22.7. The SMILES string of the molecule is CCCCOCCCNC(=NC)NCC(C)(C)c1cccs1.I. The van der Waals surface area contributed by atoms with Crippen molar-refractivity contribution in [1.82, 2.24) is 10.6 Å². The molecule has 0 fully saturated rings. The minimum Gasteiger partial charge on any atom is -0.381 e. The first-order valence-corrected chi connectivity index (χ1v) is 9.04. The summed E-state index contributed by atoms with van der Waals surface area (Å²) < 4.78 is 5.55. The van der Waals surface area contributed by atoms with E-state index in [1.165, 1.54) is 11.3 Å². The van der Waals surface area contributed by atoms with Crippen LogP contribution < -0.4 is 10.6 Å². The molecule has 0 atom stereocenters. The highest BCUT2D eigenvalue weighted by molar-refractivity contribution is 14.0. The van der Waals surface area contributed by atoms with Gasteiger partial charge in [-0.3, -0.25) is 4.99 Å². The van der Waals surface area contributed by atoms with Gasteiger partial charge >= 0.3 is 0 Å².